The molecule has 0 saturated carbocycles. The lowest BCUT2D eigenvalue weighted by atomic mass is 10.3. The van der Waals surface area contributed by atoms with E-state index in [0.29, 0.717) is 38.9 Å². The maximum absolute atomic E-state index is 12.7. The maximum Gasteiger partial charge on any atom is 0.433 e. The lowest BCUT2D eigenvalue weighted by molar-refractivity contribution is -0.144. The Morgan fingerprint density at radius 1 is 1.35 bits per heavy atom. The number of carbonyl (C=O) groups is 1. The van der Waals surface area contributed by atoms with Crippen molar-refractivity contribution in [2.75, 3.05) is 44.2 Å². The van der Waals surface area contributed by atoms with Crippen LogP contribution in [0.5, 0.6) is 0 Å². The summed E-state index contributed by atoms with van der Waals surface area (Å²) in [6.07, 6.45) is -4.67. The van der Waals surface area contributed by atoms with Crippen molar-refractivity contribution < 1.29 is 22.7 Å². The quantitative estimate of drug-likeness (QED) is 0.807. The minimum atomic E-state index is -4.67. The molecule has 1 fully saturated rings. The molecule has 2 heterocycles. The molecule has 1 aliphatic heterocycles. The van der Waals surface area contributed by atoms with Gasteiger partial charge in [0, 0.05) is 32.2 Å². The van der Waals surface area contributed by atoms with Crippen LogP contribution in [0.3, 0.4) is 0 Å². The van der Waals surface area contributed by atoms with Gasteiger partial charge in [-0.3, -0.25) is 19.5 Å². The summed E-state index contributed by atoms with van der Waals surface area (Å²) in [5.41, 5.74) is -2.07. The Hall–Kier alpha value is -2.10. The molecule has 1 aromatic heterocycles. The van der Waals surface area contributed by atoms with Crippen molar-refractivity contribution in [1.29, 1.82) is 0 Å². The van der Waals surface area contributed by atoms with E-state index in [0.717, 1.165) is 0 Å². The highest BCUT2D eigenvalue weighted by Gasteiger charge is 2.34. The molecule has 23 heavy (non-hydrogen) atoms. The van der Waals surface area contributed by atoms with Crippen molar-refractivity contribution in [3.8, 4) is 0 Å². The second-order valence-corrected chi connectivity index (χ2v) is 5.02. The minimum Gasteiger partial charge on any atom is -0.465 e. The Bertz CT molecular complexity index is 609. The molecule has 128 valence electrons. The van der Waals surface area contributed by atoms with Crippen LogP contribution in [0, 0.1) is 0 Å². The van der Waals surface area contributed by atoms with Crippen LogP contribution >= 0.6 is 0 Å². The molecular weight excluding hydrogens is 317 g/mol. The number of anilines is 1. The fourth-order valence-corrected chi connectivity index (χ4v) is 2.25. The molecule has 1 N–H and O–H groups in total. The van der Waals surface area contributed by atoms with Gasteiger partial charge in [0.15, 0.2) is 5.69 Å². The number of hydrogen-bond donors (Lipinski definition) is 1. The Labute approximate surface area is 130 Å². The first-order valence-corrected chi connectivity index (χ1v) is 7.11. The van der Waals surface area contributed by atoms with Crippen LogP contribution in [0.4, 0.5) is 19.1 Å². The summed E-state index contributed by atoms with van der Waals surface area (Å²) in [5, 5.41) is 0. The number of nitrogens with one attached hydrogen (secondary N) is 1. The summed E-state index contributed by atoms with van der Waals surface area (Å²) in [5.74, 6) is -0.452. The first kappa shape index (κ1) is 17.3. The highest BCUT2D eigenvalue weighted by molar-refractivity contribution is 5.71. The SMILES string of the molecule is CCOC(=O)CN1CCN(c2nc(C(F)(F)F)cc(=O)[nH]2)CC1. The van der Waals surface area contributed by atoms with Crippen LogP contribution in [-0.2, 0) is 15.7 Å². The third-order valence-corrected chi connectivity index (χ3v) is 3.35. The fraction of sp³-hybridized carbons (Fsp3) is 0.615. The molecule has 0 amide bonds. The summed E-state index contributed by atoms with van der Waals surface area (Å²) in [4.78, 5) is 32.0. The number of ether oxygens (including phenoxy) is 1. The van der Waals surface area contributed by atoms with E-state index in [1.807, 2.05) is 4.90 Å². The number of alkyl halides is 3. The molecule has 0 radical (unpaired) electrons. The van der Waals surface area contributed by atoms with E-state index in [-0.39, 0.29) is 18.5 Å². The number of H-pyrrole nitrogens is 1. The number of hydrogen-bond acceptors (Lipinski definition) is 6. The van der Waals surface area contributed by atoms with Gasteiger partial charge in [0.1, 0.15) is 0 Å². The van der Waals surface area contributed by atoms with E-state index >= 15 is 0 Å². The molecular formula is C13H17F3N4O3. The highest BCUT2D eigenvalue weighted by Crippen LogP contribution is 2.27. The third-order valence-electron chi connectivity index (χ3n) is 3.35. The molecule has 0 aliphatic carbocycles. The Morgan fingerprint density at radius 2 is 2.00 bits per heavy atom. The van der Waals surface area contributed by atoms with Gasteiger partial charge < -0.3 is 9.64 Å². The van der Waals surface area contributed by atoms with E-state index in [1.54, 1.807) is 11.8 Å². The van der Waals surface area contributed by atoms with Crippen molar-refractivity contribution in [1.82, 2.24) is 14.9 Å². The predicted octanol–water partition coefficient (Wildman–Crippen LogP) is 0.474. The number of esters is 1. The van der Waals surface area contributed by atoms with E-state index in [2.05, 4.69) is 9.97 Å². The normalized spacial score (nSPS) is 16.4. The van der Waals surface area contributed by atoms with Crippen molar-refractivity contribution in [3.63, 3.8) is 0 Å². The lowest BCUT2D eigenvalue weighted by Crippen LogP contribution is -2.49. The molecule has 0 spiro atoms. The van der Waals surface area contributed by atoms with Gasteiger partial charge in [-0.1, -0.05) is 0 Å². The Balaban J connectivity index is 2.02. The van der Waals surface area contributed by atoms with Crippen molar-refractivity contribution in [3.05, 3.63) is 22.1 Å². The number of halogens is 3. The van der Waals surface area contributed by atoms with Gasteiger partial charge in [0.05, 0.1) is 13.2 Å². The summed E-state index contributed by atoms with van der Waals surface area (Å²) in [6.45, 7) is 3.76. The number of aromatic amines is 1. The van der Waals surface area contributed by atoms with Gasteiger partial charge in [-0.15, -0.1) is 0 Å². The molecule has 0 atom stereocenters. The fourth-order valence-electron chi connectivity index (χ4n) is 2.25. The van der Waals surface area contributed by atoms with E-state index in [9.17, 15) is 22.8 Å². The zero-order valence-corrected chi connectivity index (χ0v) is 12.5. The second-order valence-electron chi connectivity index (χ2n) is 5.02. The Kier molecular flexibility index (Phi) is 5.24. The van der Waals surface area contributed by atoms with Crippen molar-refractivity contribution in [2.45, 2.75) is 13.1 Å². The van der Waals surface area contributed by atoms with Crippen LogP contribution in [0.25, 0.3) is 0 Å². The van der Waals surface area contributed by atoms with Crippen molar-refractivity contribution >= 4 is 11.9 Å². The van der Waals surface area contributed by atoms with Crippen LogP contribution in [0.1, 0.15) is 12.6 Å². The smallest absolute Gasteiger partial charge is 0.433 e. The van der Waals surface area contributed by atoms with Gasteiger partial charge >= 0.3 is 12.1 Å². The zero-order chi connectivity index (χ0) is 17.0. The molecule has 7 nitrogen and oxygen atoms in total. The summed E-state index contributed by atoms with van der Waals surface area (Å²) < 4.78 is 42.9. The molecule has 0 unspecified atom stereocenters. The van der Waals surface area contributed by atoms with Crippen LogP contribution in [0.15, 0.2) is 10.9 Å². The second kappa shape index (κ2) is 6.99. The van der Waals surface area contributed by atoms with Crippen LogP contribution < -0.4 is 10.5 Å². The lowest BCUT2D eigenvalue weighted by Gasteiger charge is -2.34. The van der Waals surface area contributed by atoms with Gasteiger partial charge in [-0.05, 0) is 6.92 Å². The van der Waals surface area contributed by atoms with Gasteiger partial charge in [0.2, 0.25) is 5.95 Å². The monoisotopic (exact) mass is 334 g/mol. The molecule has 1 aromatic rings. The molecule has 0 aromatic carbocycles. The molecule has 2 rings (SSSR count). The number of aromatic nitrogens is 2. The topological polar surface area (TPSA) is 78.5 Å². The number of nitrogens with zero attached hydrogens (tertiary/aromatic N) is 3. The largest absolute Gasteiger partial charge is 0.465 e. The third kappa shape index (κ3) is 4.68. The zero-order valence-electron chi connectivity index (χ0n) is 12.5. The van der Waals surface area contributed by atoms with E-state index < -0.39 is 17.4 Å². The first-order valence-electron chi connectivity index (χ1n) is 7.11. The van der Waals surface area contributed by atoms with Crippen LogP contribution in [0.2, 0.25) is 0 Å². The predicted molar refractivity (Wildman–Crippen MR) is 75.1 cm³/mol. The maximum atomic E-state index is 12.7. The molecule has 1 saturated heterocycles. The highest BCUT2D eigenvalue weighted by atomic mass is 19.4. The molecule has 0 bridgehead atoms. The molecule has 10 heteroatoms. The van der Waals surface area contributed by atoms with Gasteiger partial charge in [0.25, 0.3) is 5.56 Å². The van der Waals surface area contributed by atoms with Gasteiger partial charge in [-0.2, -0.15) is 13.2 Å². The minimum absolute atomic E-state index is 0.111. The standard InChI is InChI=1S/C13H17F3N4O3/c1-2-23-11(22)8-19-3-5-20(6-4-19)12-17-9(13(14,15)16)7-10(21)18-12/h7H,2-6,8H2,1H3,(H,17,18,21). The Morgan fingerprint density at radius 3 is 2.57 bits per heavy atom. The summed E-state index contributed by atoms with van der Waals surface area (Å²) in [7, 11) is 0. The summed E-state index contributed by atoms with van der Waals surface area (Å²) >= 11 is 0. The van der Waals surface area contributed by atoms with Gasteiger partial charge in [-0.25, -0.2) is 4.98 Å². The summed E-state index contributed by atoms with van der Waals surface area (Å²) in [6, 6.07) is 0.431. The first-order chi connectivity index (χ1) is 10.8. The average molecular weight is 334 g/mol. The average Bonchev–Trinajstić information content (AvgIpc) is 2.46. The number of carbonyl (C=O) groups excluding carboxylic acids is 1. The van der Waals surface area contributed by atoms with E-state index in [1.165, 1.54) is 0 Å². The number of rotatable bonds is 4. The van der Waals surface area contributed by atoms with E-state index in [4.69, 9.17) is 4.74 Å². The molecule has 1 aliphatic rings. The van der Waals surface area contributed by atoms with Crippen LogP contribution in [-0.4, -0.2) is 60.2 Å². The number of piperazine rings is 1. The van der Waals surface area contributed by atoms with Crippen molar-refractivity contribution in [2.24, 2.45) is 0 Å².